The first-order chi connectivity index (χ1) is 8.74. The molecule has 5 nitrogen and oxygen atoms in total. The van der Waals surface area contributed by atoms with Crippen LogP contribution in [0.2, 0.25) is 0 Å². The molecule has 1 aliphatic heterocycles. The van der Waals surface area contributed by atoms with Crippen LogP contribution in [0.4, 0.5) is 4.79 Å². The lowest BCUT2D eigenvalue weighted by molar-refractivity contribution is 0.139. The minimum Gasteiger partial charge on any atom is -0.465 e. The van der Waals surface area contributed by atoms with Crippen molar-refractivity contribution in [2.75, 3.05) is 6.54 Å². The number of amides is 1. The minimum atomic E-state index is -0.878. The molecule has 0 unspecified atom stereocenters. The van der Waals surface area contributed by atoms with Crippen molar-refractivity contribution in [1.82, 2.24) is 14.9 Å². The van der Waals surface area contributed by atoms with Crippen LogP contribution in [-0.2, 0) is 13.0 Å². The second kappa shape index (κ2) is 4.18. The summed E-state index contributed by atoms with van der Waals surface area (Å²) in [7, 11) is 0. The third-order valence-electron chi connectivity index (χ3n) is 3.15. The normalized spacial score (nSPS) is 14.3. The molecular weight excluding hydrogens is 230 g/mol. The van der Waals surface area contributed by atoms with Crippen LogP contribution in [0.1, 0.15) is 11.4 Å². The summed E-state index contributed by atoms with van der Waals surface area (Å²) in [6, 6.07) is 9.85. The number of fused-ring (bicyclic) bond motifs is 1. The van der Waals surface area contributed by atoms with E-state index in [-0.39, 0.29) is 0 Å². The van der Waals surface area contributed by atoms with E-state index in [9.17, 15) is 4.79 Å². The highest BCUT2D eigenvalue weighted by molar-refractivity contribution is 5.65. The molecule has 3 rings (SSSR count). The fourth-order valence-electron chi connectivity index (χ4n) is 2.19. The molecule has 0 spiro atoms. The molecule has 18 heavy (non-hydrogen) atoms. The van der Waals surface area contributed by atoms with Gasteiger partial charge in [-0.2, -0.15) is 0 Å². The molecule has 1 aliphatic rings. The zero-order valence-corrected chi connectivity index (χ0v) is 9.76. The molecule has 1 amide bonds. The van der Waals surface area contributed by atoms with E-state index in [1.54, 1.807) is 0 Å². The van der Waals surface area contributed by atoms with Crippen molar-refractivity contribution in [1.29, 1.82) is 0 Å². The van der Waals surface area contributed by atoms with E-state index >= 15 is 0 Å². The Bertz CT molecular complexity index is 577. The number of carboxylic acid groups (broad SMARTS) is 1. The Morgan fingerprint density at radius 2 is 2.11 bits per heavy atom. The quantitative estimate of drug-likeness (QED) is 0.806. The van der Waals surface area contributed by atoms with Gasteiger partial charge in [0.25, 0.3) is 0 Å². The Hall–Kier alpha value is -2.30. The number of benzene rings is 1. The molecule has 0 fully saturated rings. The number of H-pyrrole nitrogens is 1. The lowest BCUT2D eigenvalue weighted by Crippen LogP contribution is -2.34. The molecule has 1 aromatic carbocycles. The summed E-state index contributed by atoms with van der Waals surface area (Å²) in [6.07, 6.45) is -0.207. The van der Waals surface area contributed by atoms with Crippen LogP contribution >= 0.6 is 0 Å². The zero-order chi connectivity index (χ0) is 12.5. The first-order valence-corrected chi connectivity index (χ1v) is 5.85. The molecule has 0 bridgehead atoms. The number of nitrogens with zero attached hydrogens (tertiary/aromatic N) is 2. The number of aromatic nitrogens is 2. The molecule has 0 saturated carbocycles. The van der Waals surface area contributed by atoms with Gasteiger partial charge in [-0.15, -0.1) is 0 Å². The second-order valence-corrected chi connectivity index (χ2v) is 4.33. The number of hydrogen-bond donors (Lipinski definition) is 2. The zero-order valence-electron chi connectivity index (χ0n) is 9.76. The Morgan fingerprint density at radius 1 is 1.33 bits per heavy atom. The summed E-state index contributed by atoms with van der Waals surface area (Å²) >= 11 is 0. The predicted molar refractivity (Wildman–Crippen MR) is 66.2 cm³/mol. The van der Waals surface area contributed by atoms with Gasteiger partial charge < -0.3 is 15.0 Å². The number of aromatic amines is 1. The fourth-order valence-corrected chi connectivity index (χ4v) is 2.19. The minimum absolute atomic E-state index is 0.393. The molecular formula is C13H13N3O2. The van der Waals surface area contributed by atoms with Gasteiger partial charge in [-0.05, 0) is 0 Å². The number of rotatable bonds is 1. The molecule has 0 saturated heterocycles. The first-order valence-electron chi connectivity index (χ1n) is 5.85. The molecule has 0 radical (unpaired) electrons. The Kier molecular flexibility index (Phi) is 2.51. The van der Waals surface area contributed by atoms with Crippen molar-refractivity contribution in [3.63, 3.8) is 0 Å². The number of imidazole rings is 1. The van der Waals surface area contributed by atoms with Crippen molar-refractivity contribution < 1.29 is 9.90 Å². The maximum absolute atomic E-state index is 10.9. The van der Waals surface area contributed by atoms with Crippen LogP contribution < -0.4 is 0 Å². The first kappa shape index (κ1) is 10.8. The summed E-state index contributed by atoms with van der Waals surface area (Å²) in [5.74, 6) is 0.813. The van der Waals surface area contributed by atoms with Gasteiger partial charge >= 0.3 is 6.09 Å². The van der Waals surface area contributed by atoms with Crippen LogP contribution in [0.5, 0.6) is 0 Å². The summed E-state index contributed by atoms with van der Waals surface area (Å²) in [4.78, 5) is 20.1. The van der Waals surface area contributed by atoms with Crippen molar-refractivity contribution >= 4 is 6.09 Å². The molecule has 2 N–H and O–H groups in total. The number of nitrogens with one attached hydrogen (secondary N) is 1. The van der Waals surface area contributed by atoms with Gasteiger partial charge in [0.2, 0.25) is 0 Å². The van der Waals surface area contributed by atoms with Crippen molar-refractivity contribution in [2.45, 2.75) is 13.0 Å². The van der Waals surface area contributed by atoms with Gasteiger partial charge in [0, 0.05) is 18.5 Å². The maximum Gasteiger partial charge on any atom is 0.407 e. The number of carbonyl (C=O) groups is 1. The van der Waals surface area contributed by atoms with Crippen LogP contribution in [-0.4, -0.2) is 32.6 Å². The smallest absolute Gasteiger partial charge is 0.407 e. The molecule has 2 aromatic rings. The van der Waals surface area contributed by atoms with E-state index in [1.165, 1.54) is 4.90 Å². The Morgan fingerprint density at radius 3 is 2.83 bits per heavy atom. The second-order valence-electron chi connectivity index (χ2n) is 4.33. The summed E-state index contributed by atoms with van der Waals surface area (Å²) in [6.45, 7) is 0.909. The van der Waals surface area contributed by atoms with Crippen LogP contribution in [0.3, 0.4) is 0 Å². The molecule has 0 atom stereocenters. The largest absolute Gasteiger partial charge is 0.465 e. The third kappa shape index (κ3) is 1.84. The highest BCUT2D eigenvalue weighted by Gasteiger charge is 2.23. The van der Waals surface area contributed by atoms with E-state index in [4.69, 9.17) is 5.11 Å². The summed E-state index contributed by atoms with van der Waals surface area (Å²) in [5, 5.41) is 8.98. The van der Waals surface area contributed by atoms with Crippen LogP contribution in [0, 0.1) is 0 Å². The van der Waals surface area contributed by atoms with Gasteiger partial charge in [-0.25, -0.2) is 9.78 Å². The number of hydrogen-bond acceptors (Lipinski definition) is 2. The highest BCUT2D eigenvalue weighted by atomic mass is 16.4. The van der Waals surface area contributed by atoms with Crippen LogP contribution in [0.15, 0.2) is 30.3 Å². The Labute approximate surface area is 104 Å². The predicted octanol–water partition coefficient (Wildman–Crippen LogP) is 2.11. The van der Waals surface area contributed by atoms with Crippen molar-refractivity contribution in [2.24, 2.45) is 0 Å². The average molecular weight is 243 g/mol. The lowest BCUT2D eigenvalue weighted by Gasteiger charge is -2.22. The molecule has 92 valence electrons. The van der Waals surface area contributed by atoms with Gasteiger partial charge in [0.15, 0.2) is 0 Å². The fraction of sp³-hybridized carbons (Fsp3) is 0.231. The highest BCUT2D eigenvalue weighted by Crippen LogP contribution is 2.22. The van der Waals surface area contributed by atoms with E-state index in [0.717, 1.165) is 22.8 Å². The van der Waals surface area contributed by atoms with E-state index < -0.39 is 6.09 Å². The summed E-state index contributed by atoms with van der Waals surface area (Å²) in [5.41, 5.74) is 2.91. The SMILES string of the molecule is O=C(O)N1CCc2nc(-c3ccccc3)[nH]c2C1. The molecule has 2 heterocycles. The third-order valence-corrected chi connectivity index (χ3v) is 3.15. The topological polar surface area (TPSA) is 69.2 Å². The van der Waals surface area contributed by atoms with Gasteiger partial charge in [0.05, 0.1) is 17.9 Å². The molecule has 0 aliphatic carbocycles. The van der Waals surface area contributed by atoms with Crippen LogP contribution in [0.25, 0.3) is 11.4 Å². The lowest BCUT2D eigenvalue weighted by atomic mass is 10.1. The maximum atomic E-state index is 10.9. The standard InChI is InChI=1S/C13H13N3O2/c17-13(18)16-7-6-10-11(8-16)15-12(14-10)9-4-2-1-3-5-9/h1-5H,6-8H2,(H,14,15)(H,17,18). The van der Waals surface area contributed by atoms with Gasteiger partial charge in [-0.1, -0.05) is 30.3 Å². The van der Waals surface area contributed by atoms with Crippen molar-refractivity contribution in [3.8, 4) is 11.4 Å². The van der Waals surface area contributed by atoms with E-state index in [2.05, 4.69) is 9.97 Å². The average Bonchev–Trinajstić information content (AvgIpc) is 2.82. The monoisotopic (exact) mass is 243 g/mol. The van der Waals surface area contributed by atoms with Gasteiger partial charge in [-0.3, -0.25) is 0 Å². The molecule has 5 heteroatoms. The van der Waals surface area contributed by atoms with Gasteiger partial charge in [0.1, 0.15) is 5.82 Å². The summed E-state index contributed by atoms with van der Waals surface area (Å²) < 4.78 is 0. The molecule has 1 aromatic heterocycles. The van der Waals surface area contributed by atoms with E-state index in [0.29, 0.717) is 19.5 Å². The van der Waals surface area contributed by atoms with Crippen molar-refractivity contribution in [3.05, 3.63) is 41.7 Å². The Balaban J connectivity index is 1.92. The van der Waals surface area contributed by atoms with E-state index in [1.807, 2.05) is 30.3 Å².